The van der Waals surface area contributed by atoms with Crippen LogP contribution in [-0.4, -0.2) is 40.9 Å². The van der Waals surface area contributed by atoms with E-state index < -0.39 is 11.4 Å². The fraction of sp³-hybridized carbons (Fsp3) is 0.500. The first-order valence-corrected chi connectivity index (χ1v) is 8.24. The molecule has 3 rings (SSSR count). The molecule has 2 aliphatic rings. The Balaban J connectivity index is 1.62. The predicted molar refractivity (Wildman–Crippen MR) is 88.6 cm³/mol. The molecule has 0 radical (unpaired) electrons. The van der Waals surface area contributed by atoms with Crippen LogP contribution in [0, 0.1) is 17.3 Å². The summed E-state index contributed by atoms with van der Waals surface area (Å²) in [7, 11) is 0. The van der Waals surface area contributed by atoms with Crippen LogP contribution < -0.4 is 5.32 Å². The molecule has 0 spiro atoms. The fourth-order valence-electron chi connectivity index (χ4n) is 3.11. The van der Waals surface area contributed by atoms with Crippen molar-refractivity contribution >= 4 is 23.5 Å². The molecule has 128 valence electrons. The minimum absolute atomic E-state index is 0.0262. The van der Waals surface area contributed by atoms with Crippen LogP contribution in [0.5, 0.6) is 0 Å². The molecule has 1 aromatic carbocycles. The molecule has 3 atom stereocenters. The van der Waals surface area contributed by atoms with Gasteiger partial charge in [-0.15, -0.1) is 0 Å². The van der Waals surface area contributed by atoms with Crippen molar-refractivity contribution in [3.8, 4) is 0 Å². The number of nitrogens with one attached hydrogen (secondary N) is 1. The number of aliphatic carboxylic acids is 1. The standard InChI is InChI=1S/C18H22N2O4/c1-11-9-14(11)15(21)19-13-5-3-12(4-6-13)16(22)20-8-7-18(2,10-20)17(23)24/h3-6,11,14H,7-10H2,1-2H3,(H,19,21)(H,23,24). The van der Waals surface area contributed by atoms with Crippen molar-refractivity contribution in [3.05, 3.63) is 29.8 Å². The molecule has 0 aromatic heterocycles. The van der Waals surface area contributed by atoms with Gasteiger partial charge in [-0.25, -0.2) is 0 Å². The zero-order valence-corrected chi connectivity index (χ0v) is 13.9. The largest absolute Gasteiger partial charge is 0.481 e. The van der Waals surface area contributed by atoms with E-state index in [0.717, 1.165) is 6.42 Å². The number of anilines is 1. The van der Waals surface area contributed by atoms with Crippen molar-refractivity contribution < 1.29 is 19.5 Å². The van der Waals surface area contributed by atoms with Crippen LogP contribution in [-0.2, 0) is 9.59 Å². The first-order chi connectivity index (χ1) is 11.3. The lowest BCUT2D eigenvalue weighted by Crippen LogP contribution is -2.34. The Hall–Kier alpha value is -2.37. The average molecular weight is 330 g/mol. The molecule has 6 nitrogen and oxygen atoms in total. The molecule has 0 bridgehead atoms. The second-order valence-electron chi connectivity index (χ2n) is 7.23. The van der Waals surface area contributed by atoms with Gasteiger partial charge >= 0.3 is 5.97 Å². The van der Waals surface area contributed by atoms with E-state index in [4.69, 9.17) is 0 Å². The summed E-state index contributed by atoms with van der Waals surface area (Å²) in [6.45, 7) is 4.38. The minimum atomic E-state index is -0.871. The van der Waals surface area contributed by atoms with Crippen LogP contribution in [0.1, 0.15) is 37.0 Å². The third-order valence-electron chi connectivity index (χ3n) is 5.12. The Morgan fingerprint density at radius 2 is 1.88 bits per heavy atom. The highest BCUT2D eigenvalue weighted by molar-refractivity contribution is 5.97. The van der Waals surface area contributed by atoms with Gasteiger partial charge < -0.3 is 15.3 Å². The number of carbonyl (C=O) groups is 3. The molecule has 1 aliphatic heterocycles. The number of hydrogen-bond donors (Lipinski definition) is 2. The molecular weight excluding hydrogens is 308 g/mol. The molecule has 1 heterocycles. The van der Waals surface area contributed by atoms with Gasteiger partial charge in [0.05, 0.1) is 5.41 Å². The number of amides is 2. The van der Waals surface area contributed by atoms with E-state index in [2.05, 4.69) is 5.32 Å². The van der Waals surface area contributed by atoms with Crippen molar-refractivity contribution in [1.82, 2.24) is 4.90 Å². The molecule has 24 heavy (non-hydrogen) atoms. The van der Waals surface area contributed by atoms with Crippen molar-refractivity contribution in [2.45, 2.75) is 26.7 Å². The van der Waals surface area contributed by atoms with Crippen LogP contribution in [0.25, 0.3) is 0 Å². The first kappa shape index (κ1) is 16.5. The van der Waals surface area contributed by atoms with Crippen molar-refractivity contribution in [2.24, 2.45) is 17.3 Å². The predicted octanol–water partition coefficient (Wildman–Crippen LogP) is 2.22. The van der Waals surface area contributed by atoms with Crippen LogP contribution in [0.4, 0.5) is 5.69 Å². The van der Waals surface area contributed by atoms with Gasteiger partial charge in [0.15, 0.2) is 0 Å². The van der Waals surface area contributed by atoms with Crippen LogP contribution >= 0.6 is 0 Å². The summed E-state index contributed by atoms with van der Waals surface area (Å²) in [4.78, 5) is 37.3. The monoisotopic (exact) mass is 330 g/mol. The normalized spacial score (nSPS) is 28.5. The summed E-state index contributed by atoms with van der Waals surface area (Å²) < 4.78 is 0. The minimum Gasteiger partial charge on any atom is -0.481 e. The first-order valence-electron chi connectivity index (χ1n) is 8.24. The SMILES string of the molecule is CC1CC1C(=O)Nc1ccc(C(=O)N2CCC(C)(C(=O)O)C2)cc1. The van der Waals surface area contributed by atoms with Crippen molar-refractivity contribution in [2.75, 3.05) is 18.4 Å². The highest BCUT2D eigenvalue weighted by atomic mass is 16.4. The number of carboxylic acids is 1. The van der Waals surface area contributed by atoms with Gasteiger partial charge in [0.2, 0.25) is 5.91 Å². The van der Waals surface area contributed by atoms with Gasteiger partial charge in [-0.05, 0) is 49.9 Å². The lowest BCUT2D eigenvalue weighted by Gasteiger charge is -2.20. The number of carbonyl (C=O) groups excluding carboxylic acids is 2. The maximum absolute atomic E-state index is 12.5. The molecule has 1 saturated carbocycles. The summed E-state index contributed by atoms with van der Waals surface area (Å²) >= 11 is 0. The number of hydrogen-bond acceptors (Lipinski definition) is 3. The van der Waals surface area contributed by atoms with Gasteiger partial charge in [-0.2, -0.15) is 0 Å². The lowest BCUT2D eigenvalue weighted by atomic mass is 9.90. The highest BCUT2D eigenvalue weighted by Gasteiger charge is 2.42. The quantitative estimate of drug-likeness (QED) is 0.886. The van der Waals surface area contributed by atoms with Crippen LogP contribution in [0.15, 0.2) is 24.3 Å². The van der Waals surface area contributed by atoms with E-state index in [9.17, 15) is 19.5 Å². The summed E-state index contributed by atoms with van der Waals surface area (Å²) in [5, 5.41) is 12.1. The fourth-order valence-corrected chi connectivity index (χ4v) is 3.11. The second-order valence-corrected chi connectivity index (χ2v) is 7.23. The Bertz CT molecular complexity index is 685. The number of benzene rings is 1. The topological polar surface area (TPSA) is 86.7 Å². The van der Waals surface area contributed by atoms with Crippen LogP contribution in [0.3, 0.4) is 0 Å². The van der Waals surface area contributed by atoms with Crippen molar-refractivity contribution in [3.63, 3.8) is 0 Å². The molecule has 2 amide bonds. The molecule has 2 N–H and O–H groups in total. The maximum atomic E-state index is 12.5. The molecule has 1 aromatic rings. The van der Waals surface area contributed by atoms with Gasteiger partial charge in [0, 0.05) is 30.3 Å². The summed E-state index contributed by atoms with van der Waals surface area (Å²) in [5.74, 6) is -0.466. The Morgan fingerprint density at radius 1 is 1.25 bits per heavy atom. The summed E-state index contributed by atoms with van der Waals surface area (Å²) in [5.41, 5.74) is 0.305. The van der Waals surface area contributed by atoms with E-state index in [0.29, 0.717) is 30.1 Å². The van der Waals surface area contributed by atoms with E-state index in [1.165, 1.54) is 0 Å². The molecule has 1 aliphatic carbocycles. The third-order valence-corrected chi connectivity index (χ3v) is 5.12. The second kappa shape index (κ2) is 5.92. The molecule has 6 heteroatoms. The number of carboxylic acid groups (broad SMARTS) is 1. The van der Waals surface area contributed by atoms with Crippen LogP contribution in [0.2, 0.25) is 0 Å². The molecule has 2 fully saturated rings. The average Bonchev–Trinajstić information content (AvgIpc) is 3.14. The maximum Gasteiger partial charge on any atom is 0.311 e. The molecule has 3 unspecified atom stereocenters. The van der Waals surface area contributed by atoms with E-state index in [-0.39, 0.29) is 24.3 Å². The molecule has 1 saturated heterocycles. The zero-order valence-electron chi connectivity index (χ0n) is 13.9. The smallest absolute Gasteiger partial charge is 0.311 e. The Morgan fingerprint density at radius 3 is 2.38 bits per heavy atom. The van der Waals surface area contributed by atoms with Crippen molar-refractivity contribution in [1.29, 1.82) is 0 Å². The molecular formula is C18H22N2O4. The summed E-state index contributed by atoms with van der Waals surface area (Å²) in [6.07, 6.45) is 1.39. The van der Waals surface area contributed by atoms with E-state index >= 15 is 0 Å². The number of likely N-dealkylation sites (tertiary alicyclic amines) is 1. The van der Waals surface area contributed by atoms with Gasteiger partial charge in [0.1, 0.15) is 0 Å². The van der Waals surface area contributed by atoms with Gasteiger partial charge in [0.25, 0.3) is 5.91 Å². The zero-order chi connectivity index (χ0) is 17.5. The summed E-state index contributed by atoms with van der Waals surface area (Å²) in [6, 6.07) is 6.77. The Labute approximate surface area is 140 Å². The lowest BCUT2D eigenvalue weighted by molar-refractivity contribution is -0.147. The highest BCUT2D eigenvalue weighted by Crippen LogP contribution is 2.38. The van der Waals surface area contributed by atoms with E-state index in [1.54, 1.807) is 36.1 Å². The van der Waals surface area contributed by atoms with E-state index in [1.807, 2.05) is 6.92 Å². The van der Waals surface area contributed by atoms with Gasteiger partial charge in [-0.1, -0.05) is 6.92 Å². The van der Waals surface area contributed by atoms with Gasteiger partial charge in [-0.3, -0.25) is 14.4 Å². The number of nitrogens with zero attached hydrogens (tertiary/aromatic N) is 1. The third kappa shape index (κ3) is 3.13. The Kier molecular flexibility index (Phi) is 4.07. The number of rotatable bonds is 4.